The molecular weight excluding hydrogens is 548 g/mol. The van der Waals surface area contributed by atoms with E-state index in [9.17, 15) is 9.59 Å². The first kappa shape index (κ1) is 30.1. The van der Waals surface area contributed by atoms with Gasteiger partial charge in [-0.15, -0.1) is 0 Å². The van der Waals surface area contributed by atoms with Crippen molar-refractivity contribution in [2.75, 3.05) is 11.5 Å². The number of ether oxygens (including phenoxy) is 2. The van der Waals surface area contributed by atoms with Crippen LogP contribution in [0.5, 0.6) is 11.5 Å². The van der Waals surface area contributed by atoms with Crippen molar-refractivity contribution in [3.8, 4) is 11.5 Å². The molecule has 0 atom stereocenters. The molecule has 5 aromatic carbocycles. The van der Waals surface area contributed by atoms with E-state index in [-0.39, 0.29) is 10.8 Å². The zero-order valence-corrected chi connectivity index (χ0v) is 25.3. The number of nitrogens with two attached hydrogens (primary N) is 2. The van der Waals surface area contributed by atoms with E-state index in [0.717, 1.165) is 22.3 Å². The van der Waals surface area contributed by atoms with Gasteiger partial charge in [0.25, 0.3) is 0 Å². The number of nitrogen functional groups attached to an aromatic ring is 2. The number of anilines is 2. The van der Waals surface area contributed by atoms with Crippen LogP contribution in [0.15, 0.2) is 121 Å². The molecule has 0 bridgehead atoms. The molecule has 0 amide bonds. The average molecular weight is 585 g/mol. The largest absolute Gasteiger partial charge is 0.423 e. The molecule has 4 N–H and O–H groups in total. The van der Waals surface area contributed by atoms with Gasteiger partial charge in [-0.05, 0) is 82.9 Å². The third kappa shape index (κ3) is 6.50. The SMILES string of the molecule is CC(C)(c1ccc(OC(=O)c2cccc(N)c2)cc1)c1ccc(C(C)(C)c2ccc(OC(=O)c3cccc(N)c3)cc2)cc1. The van der Waals surface area contributed by atoms with Crippen molar-refractivity contribution < 1.29 is 19.1 Å². The van der Waals surface area contributed by atoms with E-state index in [2.05, 4.69) is 52.0 Å². The highest BCUT2D eigenvalue weighted by Crippen LogP contribution is 2.36. The van der Waals surface area contributed by atoms with Gasteiger partial charge in [-0.2, -0.15) is 0 Å². The minimum absolute atomic E-state index is 0.284. The summed E-state index contributed by atoms with van der Waals surface area (Å²) in [6, 6.07) is 37.3. The van der Waals surface area contributed by atoms with Crippen LogP contribution in [0.2, 0.25) is 0 Å². The van der Waals surface area contributed by atoms with Crippen molar-refractivity contribution in [1.29, 1.82) is 0 Å². The first-order valence-corrected chi connectivity index (χ1v) is 14.4. The molecule has 222 valence electrons. The van der Waals surface area contributed by atoms with E-state index >= 15 is 0 Å². The van der Waals surface area contributed by atoms with Crippen LogP contribution in [-0.4, -0.2) is 11.9 Å². The highest BCUT2D eigenvalue weighted by molar-refractivity contribution is 5.92. The maximum atomic E-state index is 12.5. The third-order valence-corrected chi connectivity index (χ3v) is 8.15. The van der Waals surface area contributed by atoms with Crippen LogP contribution >= 0.6 is 0 Å². The Hall–Kier alpha value is -5.36. The Balaban J connectivity index is 1.26. The number of rotatable bonds is 8. The highest BCUT2D eigenvalue weighted by atomic mass is 16.5. The van der Waals surface area contributed by atoms with Crippen LogP contribution in [0, 0.1) is 0 Å². The van der Waals surface area contributed by atoms with Crippen molar-refractivity contribution in [1.82, 2.24) is 0 Å². The van der Waals surface area contributed by atoms with E-state index in [1.54, 1.807) is 48.5 Å². The second-order valence-corrected chi connectivity index (χ2v) is 11.9. The summed E-state index contributed by atoms with van der Waals surface area (Å²) in [5.41, 5.74) is 17.4. The van der Waals surface area contributed by atoms with Crippen molar-refractivity contribution in [3.05, 3.63) is 155 Å². The molecule has 6 nitrogen and oxygen atoms in total. The molecule has 0 radical (unpaired) electrons. The summed E-state index contributed by atoms with van der Waals surface area (Å²) < 4.78 is 11.1. The van der Waals surface area contributed by atoms with Crippen molar-refractivity contribution in [2.24, 2.45) is 0 Å². The van der Waals surface area contributed by atoms with Crippen molar-refractivity contribution in [2.45, 2.75) is 38.5 Å². The molecular formula is C38H36N2O4. The van der Waals surface area contributed by atoms with Crippen molar-refractivity contribution >= 4 is 23.3 Å². The topological polar surface area (TPSA) is 105 Å². The molecule has 44 heavy (non-hydrogen) atoms. The number of carbonyl (C=O) groups is 2. The van der Waals surface area contributed by atoms with Crippen molar-refractivity contribution in [3.63, 3.8) is 0 Å². The Morgan fingerprint density at radius 3 is 1.07 bits per heavy atom. The zero-order valence-electron chi connectivity index (χ0n) is 25.3. The summed E-state index contributed by atoms with van der Waals surface area (Å²) in [5.74, 6) is 0.0474. The lowest BCUT2D eigenvalue weighted by atomic mass is 9.74. The Kier molecular flexibility index (Phi) is 8.28. The number of hydrogen-bond acceptors (Lipinski definition) is 6. The summed E-state index contributed by atoms with van der Waals surface area (Å²) in [7, 11) is 0. The molecule has 0 aromatic heterocycles. The fraction of sp³-hybridized carbons (Fsp3) is 0.158. The Morgan fingerprint density at radius 1 is 0.477 bits per heavy atom. The summed E-state index contributed by atoms with van der Waals surface area (Å²) >= 11 is 0. The fourth-order valence-electron chi connectivity index (χ4n) is 5.18. The van der Waals surface area contributed by atoms with Crippen LogP contribution in [-0.2, 0) is 10.8 Å². The zero-order chi connectivity index (χ0) is 31.5. The van der Waals surface area contributed by atoms with Crippen LogP contribution in [0.4, 0.5) is 11.4 Å². The van der Waals surface area contributed by atoms with E-state index in [4.69, 9.17) is 20.9 Å². The molecule has 0 saturated heterocycles. The third-order valence-electron chi connectivity index (χ3n) is 8.15. The van der Waals surface area contributed by atoms with E-state index in [1.165, 1.54) is 0 Å². The number of benzene rings is 5. The summed E-state index contributed by atoms with van der Waals surface area (Å²) in [4.78, 5) is 25.0. The van der Waals surface area contributed by atoms with Crippen LogP contribution < -0.4 is 20.9 Å². The quantitative estimate of drug-likeness (QED) is 0.109. The summed E-state index contributed by atoms with van der Waals surface area (Å²) in [6.45, 7) is 8.69. The Morgan fingerprint density at radius 2 is 0.773 bits per heavy atom. The van der Waals surface area contributed by atoms with E-state index in [0.29, 0.717) is 34.0 Å². The van der Waals surface area contributed by atoms with Gasteiger partial charge in [-0.1, -0.05) is 88.4 Å². The fourth-order valence-corrected chi connectivity index (χ4v) is 5.18. The summed E-state index contributed by atoms with van der Waals surface area (Å²) in [5, 5.41) is 0. The van der Waals surface area contributed by atoms with Gasteiger partial charge >= 0.3 is 11.9 Å². The molecule has 0 saturated carbocycles. The molecule has 0 unspecified atom stereocenters. The Bertz CT molecular complexity index is 1650. The van der Waals surface area contributed by atoms with Crippen LogP contribution in [0.25, 0.3) is 0 Å². The number of esters is 2. The van der Waals surface area contributed by atoms with Gasteiger partial charge in [-0.3, -0.25) is 0 Å². The van der Waals surface area contributed by atoms with Gasteiger partial charge in [0, 0.05) is 22.2 Å². The molecule has 5 rings (SSSR count). The molecule has 5 aromatic rings. The van der Waals surface area contributed by atoms with Gasteiger partial charge in [-0.25, -0.2) is 9.59 Å². The molecule has 0 spiro atoms. The first-order valence-electron chi connectivity index (χ1n) is 14.4. The minimum Gasteiger partial charge on any atom is -0.423 e. The molecule has 0 aliphatic rings. The lowest BCUT2D eigenvalue weighted by molar-refractivity contribution is 0.0725. The van der Waals surface area contributed by atoms with E-state index in [1.807, 2.05) is 48.5 Å². The monoisotopic (exact) mass is 584 g/mol. The number of carbonyl (C=O) groups excluding carboxylic acids is 2. The lowest BCUT2D eigenvalue weighted by Crippen LogP contribution is -2.21. The molecule has 6 heteroatoms. The second kappa shape index (κ2) is 12.1. The normalized spacial score (nSPS) is 11.5. The minimum atomic E-state index is -0.448. The lowest BCUT2D eigenvalue weighted by Gasteiger charge is -2.29. The number of hydrogen-bond donors (Lipinski definition) is 2. The van der Waals surface area contributed by atoms with Gasteiger partial charge in [0.2, 0.25) is 0 Å². The van der Waals surface area contributed by atoms with Gasteiger partial charge < -0.3 is 20.9 Å². The summed E-state index contributed by atoms with van der Waals surface area (Å²) in [6.07, 6.45) is 0. The molecule has 0 fully saturated rings. The molecule has 0 aliphatic carbocycles. The van der Waals surface area contributed by atoms with Crippen LogP contribution in [0.1, 0.15) is 70.7 Å². The van der Waals surface area contributed by atoms with E-state index < -0.39 is 11.9 Å². The molecule has 0 aliphatic heterocycles. The first-order chi connectivity index (χ1) is 20.9. The maximum Gasteiger partial charge on any atom is 0.343 e. The van der Waals surface area contributed by atoms with Gasteiger partial charge in [0.05, 0.1) is 11.1 Å². The van der Waals surface area contributed by atoms with Gasteiger partial charge in [0.15, 0.2) is 0 Å². The Labute approximate surface area is 258 Å². The standard InChI is InChI=1S/C38H36N2O4/c1-37(2,29-15-19-33(20-16-29)43-35(41)25-7-5-9-31(39)23-25)27-11-13-28(14-12-27)38(3,4)30-17-21-34(22-18-30)44-36(42)26-8-6-10-32(40)24-26/h5-24H,39-40H2,1-4H3. The predicted octanol–water partition coefficient (Wildman–Crippen LogP) is 7.94. The second-order valence-electron chi connectivity index (χ2n) is 11.9. The van der Waals surface area contributed by atoms with Gasteiger partial charge in [0.1, 0.15) is 11.5 Å². The van der Waals surface area contributed by atoms with Crippen LogP contribution in [0.3, 0.4) is 0 Å². The highest BCUT2D eigenvalue weighted by Gasteiger charge is 2.27. The molecule has 0 heterocycles. The predicted molar refractivity (Wildman–Crippen MR) is 175 cm³/mol. The maximum absolute atomic E-state index is 12.5. The smallest absolute Gasteiger partial charge is 0.343 e. The average Bonchev–Trinajstić information content (AvgIpc) is 3.01.